The monoisotopic (exact) mass is 374 g/mol. The maximum atomic E-state index is 12.8. The molecule has 0 radical (unpaired) electrons. The molecule has 0 fully saturated rings. The molecule has 4 aromatic rings. The van der Waals surface area contributed by atoms with E-state index in [0.29, 0.717) is 10.9 Å². The van der Waals surface area contributed by atoms with Crippen molar-refractivity contribution in [1.29, 1.82) is 0 Å². The van der Waals surface area contributed by atoms with Crippen molar-refractivity contribution in [3.63, 3.8) is 0 Å². The zero-order chi connectivity index (χ0) is 19.5. The Morgan fingerprint density at radius 3 is 2.57 bits per heavy atom. The van der Waals surface area contributed by atoms with Crippen molar-refractivity contribution in [2.75, 3.05) is 6.61 Å². The lowest BCUT2D eigenvalue weighted by atomic mass is 10.1. The molecule has 0 aliphatic carbocycles. The van der Waals surface area contributed by atoms with Gasteiger partial charge in [-0.25, -0.2) is 14.6 Å². The third kappa shape index (κ3) is 3.32. The lowest BCUT2D eigenvalue weighted by molar-refractivity contribution is 0.0473. The van der Waals surface area contributed by atoms with Crippen LogP contribution in [-0.4, -0.2) is 28.5 Å². The van der Waals surface area contributed by atoms with Crippen molar-refractivity contribution in [2.24, 2.45) is 0 Å². The van der Waals surface area contributed by atoms with E-state index in [1.165, 1.54) is 0 Å². The molecular weight excluding hydrogens is 356 g/mol. The summed E-state index contributed by atoms with van der Waals surface area (Å²) in [5, 5.41) is 1.42. The Bertz CT molecular complexity index is 1170. The Morgan fingerprint density at radius 2 is 1.79 bits per heavy atom. The maximum absolute atomic E-state index is 12.8. The van der Waals surface area contributed by atoms with Crippen molar-refractivity contribution in [3.8, 4) is 0 Å². The van der Waals surface area contributed by atoms with Gasteiger partial charge < -0.3 is 14.5 Å². The van der Waals surface area contributed by atoms with Gasteiger partial charge >= 0.3 is 11.9 Å². The van der Waals surface area contributed by atoms with E-state index in [9.17, 15) is 9.59 Å². The number of carbonyl (C=O) groups is 2. The fourth-order valence-electron chi connectivity index (χ4n) is 3.14. The number of aromatic nitrogens is 2. The van der Waals surface area contributed by atoms with Crippen LogP contribution in [0.4, 0.5) is 0 Å². The zero-order valence-electron chi connectivity index (χ0n) is 15.3. The van der Waals surface area contributed by atoms with Gasteiger partial charge in [-0.05, 0) is 30.7 Å². The van der Waals surface area contributed by atoms with Crippen LogP contribution in [-0.2, 0) is 16.1 Å². The number of benzene rings is 2. The number of hydrogen-bond acceptors (Lipinski definition) is 5. The molecule has 140 valence electrons. The first-order valence-corrected chi connectivity index (χ1v) is 8.96. The smallest absolute Gasteiger partial charge is 0.356 e. The second-order valence-corrected chi connectivity index (χ2v) is 6.25. The largest absolute Gasteiger partial charge is 0.461 e. The fourth-order valence-corrected chi connectivity index (χ4v) is 3.14. The van der Waals surface area contributed by atoms with Gasteiger partial charge in [0.25, 0.3) is 0 Å². The molecule has 2 heterocycles. The summed E-state index contributed by atoms with van der Waals surface area (Å²) in [6, 6.07) is 16.5. The van der Waals surface area contributed by atoms with E-state index in [0.717, 1.165) is 22.0 Å². The molecule has 0 aliphatic heterocycles. The molecule has 2 aromatic heterocycles. The van der Waals surface area contributed by atoms with E-state index < -0.39 is 11.9 Å². The van der Waals surface area contributed by atoms with Gasteiger partial charge in [0.2, 0.25) is 0 Å². The third-order valence-corrected chi connectivity index (χ3v) is 4.42. The average Bonchev–Trinajstić information content (AvgIpc) is 3.11. The van der Waals surface area contributed by atoms with Crippen LogP contribution in [0.3, 0.4) is 0 Å². The average molecular weight is 374 g/mol. The van der Waals surface area contributed by atoms with Crippen molar-refractivity contribution < 1.29 is 19.1 Å². The highest BCUT2D eigenvalue weighted by Gasteiger charge is 2.18. The summed E-state index contributed by atoms with van der Waals surface area (Å²) in [4.78, 5) is 32.2. The number of hydrogen-bond donors (Lipinski definition) is 1. The number of rotatable bonds is 5. The summed E-state index contributed by atoms with van der Waals surface area (Å²) in [6.45, 7) is 2.19. The molecule has 2 aromatic carbocycles. The first kappa shape index (κ1) is 17.7. The van der Waals surface area contributed by atoms with Crippen molar-refractivity contribution in [2.45, 2.75) is 13.5 Å². The first-order chi connectivity index (χ1) is 13.7. The summed E-state index contributed by atoms with van der Waals surface area (Å²) in [5.41, 5.74) is 3.04. The van der Waals surface area contributed by atoms with Crippen LogP contribution in [0, 0.1) is 0 Å². The number of ether oxygens (including phenoxy) is 2. The van der Waals surface area contributed by atoms with Crippen LogP contribution in [0.1, 0.15) is 33.3 Å². The number of H-pyrrole nitrogens is 1. The van der Waals surface area contributed by atoms with Crippen LogP contribution in [0.5, 0.6) is 0 Å². The van der Waals surface area contributed by atoms with Gasteiger partial charge in [-0.3, -0.25) is 0 Å². The van der Waals surface area contributed by atoms with Crippen molar-refractivity contribution >= 4 is 33.7 Å². The summed E-state index contributed by atoms with van der Waals surface area (Å²) in [7, 11) is 0. The quantitative estimate of drug-likeness (QED) is 0.528. The Hall–Kier alpha value is -3.67. The second kappa shape index (κ2) is 7.52. The van der Waals surface area contributed by atoms with E-state index in [4.69, 9.17) is 9.47 Å². The molecule has 0 saturated carbocycles. The van der Waals surface area contributed by atoms with Crippen LogP contribution in [0.25, 0.3) is 21.8 Å². The molecule has 4 rings (SSSR count). The van der Waals surface area contributed by atoms with E-state index >= 15 is 0 Å². The molecule has 1 N–H and O–H groups in total. The highest BCUT2D eigenvalue weighted by molar-refractivity contribution is 6.17. The minimum atomic E-state index is -0.497. The fraction of sp³-hybridized carbons (Fsp3) is 0.136. The third-order valence-electron chi connectivity index (χ3n) is 4.42. The van der Waals surface area contributed by atoms with E-state index in [-0.39, 0.29) is 18.9 Å². The summed E-state index contributed by atoms with van der Waals surface area (Å²) in [6.07, 6.45) is 1.57. The van der Waals surface area contributed by atoms with Gasteiger partial charge in [-0.2, -0.15) is 0 Å². The number of fused-ring (bicyclic) bond motifs is 3. The molecule has 0 saturated heterocycles. The van der Waals surface area contributed by atoms with E-state index in [2.05, 4.69) is 9.97 Å². The highest BCUT2D eigenvalue weighted by atomic mass is 16.5. The normalized spacial score (nSPS) is 10.9. The summed E-state index contributed by atoms with van der Waals surface area (Å²) < 4.78 is 10.5. The minimum Gasteiger partial charge on any atom is -0.461 e. The predicted octanol–water partition coefficient (Wildman–Crippen LogP) is 4.25. The van der Waals surface area contributed by atoms with Gasteiger partial charge in [0, 0.05) is 16.3 Å². The van der Waals surface area contributed by atoms with Crippen LogP contribution in [0.15, 0.2) is 60.8 Å². The summed E-state index contributed by atoms with van der Waals surface area (Å²) >= 11 is 0. The van der Waals surface area contributed by atoms with Gasteiger partial charge in [-0.1, -0.05) is 36.4 Å². The molecule has 0 atom stereocenters. The molecule has 6 heteroatoms. The van der Waals surface area contributed by atoms with E-state index in [1.54, 1.807) is 31.3 Å². The molecule has 0 amide bonds. The number of esters is 2. The summed E-state index contributed by atoms with van der Waals surface area (Å²) in [5.74, 6) is -0.923. The number of nitrogens with one attached hydrogen (secondary N) is 1. The molecule has 0 unspecified atom stereocenters. The Balaban J connectivity index is 1.73. The molecule has 28 heavy (non-hydrogen) atoms. The Morgan fingerprint density at radius 1 is 0.964 bits per heavy atom. The molecule has 6 nitrogen and oxygen atoms in total. The molecular formula is C22H18N2O4. The lowest BCUT2D eigenvalue weighted by Gasteiger charge is -2.07. The predicted molar refractivity (Wildman–Crippen MR) is 105 cm³/mol. The molecule has 0 spiro atoms. The molecule has 0 aliphatic rings. The maximum Gasteiger partial charge on any atom is 0.356 e. The Labute approximate surface area is 161 Å². The number of carbonyl (C=O) groups excluding carboxylic acids is 2. The van der Waals surface area contributed by atoms with Gasteiger partial charge in [0.15, 0.2) is 0 Å². The van der Waals surface area contributed by atoms with Crippen LogP contribution < -0.4 is 0 Å². The number of aromatic amines is 1. The number of nitrogens with zero attached hydrogens (tertiary/aromatic N) is 1. The second-order valence-electron chi connectivity index (χ2n) is 6.25. The van der Waals surface area contributed by atoms with Crippen LogP contribution >= 0.6 is 0 Å². The zero-order valence-corrected chi connectivity index (χ0v) is 15.3. The number of pyridine rings is 1. The van der Waals surface area contributed by atoms with Crippen molar-refractivity contribution in [3.05, 3.63) is 77.6 Å². The first-order valence-electron chi connectivity index (χ1n) is 8.96. The van der Waals surface area contributed by atoms with E-state index in [1.807, 2.05) is 36.4 Å². The highest BCUT2D eigenvalue weighted by Crippen LogP contribution is 2.29. The Kier molecular flexibility index (Phi) is 4.76. The standard InChI is InChI=1S/C22H18N2O4/c1-2-27-22(26)18-11-16-19(12-23-18)24-17-10-6-9-15(20(16)17)21(25)28-13-14-7-4-3-5-8-14/h3-12,24H,2,13H2,1H3. The molecule has 0 bridgehead atoms. The minimum absolute atomic E-state index is 0.189. The van der Waals surface area contributed by atoms with Gasteiger partial charge in [-0.15, -0.1) is 0 Å². The van der Waals surface area contributed by atoms with Gasteiger partial charge in [0.1, 0.15) is 12.3 Å². The van der Waals surface area contributed by atoms with Crippen molar-refractivity contribution in [1.82, 2.24) is 9.97 Å². The lowest BCUT2D eigenvalue weighted by Crippen LogP contribution is -2.07. The SMILES string of the molecule is CCOC(=O)c1cc2c(cn1)[nH]c1cccc(C(=O)OCc3ccccc3)c12. The topological polar surface area (TPSA) is 81.3 Å². The van der Waals surface area contributed by atoms with Gasteiger partial charge in [0.05, 0.1) is 23.9 Å². The van der Waals surface area contributed by atoms with Crippen LogP contribution in [0.2, 0.25) is 0 Å².